The molecule has 2 aromatic rings. The zero-order valence-electron chi connectivity index (χ0n) is 12.3. The number of hydrogen-bond donors (Lipinski definition) is 1. The van der Waals surface area contributed by atoms with Gasteiger partial charge in [-0.1, -0.05) is 53.0 Å². The SMILES string of the molecule is O=C(O)CCl.O=C(OC(=O)c1c(Cl)cc(Cl)cc1Cl)c1ccccc1. The lowest BCUT2D eigenvalue weighted by atomic mass is 10.2. The second kappa shape index (κ2) is 10.3. The Morgan fingerprint density at radius 1 is 0.920 bits per heavy atom. The van der Waals surface area contributed by atoms with Crippen LogP contribution in [0.4, 0.5) is 0 Å². The maximum absolute atomic E-state index is 11.9. The highest BCUT2D eigenvalue weighted by Crippen LogP contribution is 2.29. The van der Waals surface area contributed by atoms with E-state index >= 15 is 0 Å². The number of hydrogen-bond acceptors (Lipinski definition) is 4. The molecule has 0 atom stereocenters. The molecular formula is C16H10Cl4O5. The molecule has 1 N–H and O–H groups in total. The van der Waals surface area contributed by atoms with Gasteiger partial charge in [0, 0.05) is 5.02 Å². The van der Waals surface area contributed by atoms with Crippen molar-refractivity contribution in [1.82, 2.24) is 0 Å². The van der Waals surface area contributed by atoms with E-state index in [4.69, 9.17) is 56.2 Å². The molecule has 0 saturated heterocycles. The van der Waals surface area contributed by atoms with Crippen LogP contribution in [0.15, 0.2) is 42.5 Å². The molecule has 0 aliphatic carbocycles. The molecule has 0 unspecified atom stereocenters. The first-order chi connectivity index (χ1) is 11.8. The van der Waals surface area contributed by atoms with Crippen LogP contribution < -0.4 is 0 Å². The van der Waals surface area contributed by atoms with Gasteiger partial charge in [0.2, 0.25) is 0 Å². The first kappa shape index (κ1) is 21.3. The Morgan fingerprint density at radius 2 is 1.40 bits per heavy atom. The summed E-state index contributed by atoms with van der Waals surface area (Å²) in [5.74, 6) is -2.99. The first-order valence-electron chi connectivity index (χ1n) is 6.50. The number of alkyl halides is 1. The van der Waals surface area contributed by atoms with Crippen molar-refractivity contribution in [1.29, 1.82) is 0 Å². The van der Waals surface area contributed by atoms with Crippen LogP contribution in [0.5, 0.6) is 0 Å². The number of aliphatic carboxylic acids is 1. The summed E-state index contributed by atoms with van der Waals surface area (Å²) in [7, 11) is 0. The zero-order valence-corrected chi connectivity index (χ0v) is 15.4. The van der Waals surface area contributed by atoms with Gasteiger partial charge in [0.1, 0.15) is 5.88 Å². The standard InChI is InChI=1S/C14H7Cl3O3.C2H3ClO2/c15-9-6-10(16)12(11(17)7-9)14(19)20-13(18)8-4-2-1-3-5-8;3-1-2(4)5/h1-7H;1H2,(H,4,5). The van der Waals surface area contributed by atoms with Crippen molar-refractivity contribution < 1.29 is 24.2 Å². The van der Waals surface area contributed by atoms with Crippen molar-refractivity contribution in [2.75, 3.05) is 5.88 Å². The van der Waals surface area contributed by atoms with E-state index in [1.54, 1.807) is 18.2 Å². The smallest absolute Gasteiger partial charge is 0.349 e. The Bertz CT molecular complexity index is 754. The van der Waals surface area contributed by atoms with E-state index in [-0.39, 0.29) is 32.1 Å². The number of carboxylic acid groups (broad SMARTS) is 1. The Hall–Kier alpha value is -1.79. The molecule has 0 spiro atoms. The molecule has 5 nitrogen and oxygen atoms in total. The average Bonchev–Trinajstić information content (AvgIpc) is 2.55. The second-order valence-electron chi connectivity index (χ2n) is 4.31. The van der Waals surface area contributed by atoms with E-state index < -0.39 is 17.9 Å². The third-order valence-electron chi connectivity index (χ3n) is 2.52. The predicted octanol–water partition coefficient (Wildman–Crippen LogP) is 4.95. The van der Waals surface area contributed by atoms with Gasteiger partial charge in [-0.25, -0.2) is 9.59 Å². The van der Waals surface area contributed by atoms with Crippen molar-refractivity contribution in [2.24, 2.45) is 0 Å². The van der Waals surface area contributed by atoms with Crippen molar-refractivity contribution in [3.05, 3.63) is 68.7 Å². The van der Waals surface area contributed by atoms with Crippen LogP contribution in [0.25, 0.3) is 0 Å². The van der Waals surface area contributed by atoms with Gasteiger partial charge >= 0.3 is 17.9 Å². The summed E-state index contributed by atoms with van der Waals surface area (Å²) in [6, 6.07) is 10.8. The summed E-state index contributed by atoms with van der Waals surface area (Å²) >= 11 is 22.2. The third kappa shape index (κ3) is 6.92. The van der Waals surface area contributed by atoms with Gasteiger partial charge in [-0.05, 0) is 24.3 Å². The summed E-state index contributed by atoms with van der Waals surface area (Å²) < 4.78 is 4.73. The van der Waals surface area contributed by atoms with Gasteiger partial charge < -0.3 is 9.84 Å². The maximum atomic E-state index is 11.9. The highest BCUT2D eigenvalue weighted by atomic mass is 35.5. The van der Waals surface area contributed by atoms with Crippen LogP contribution in [0.1, 0.15) is 20.7 Å². The maximum Gasteiger partial charge on any atom is 0.349 e. The minimum Gasteiger partial charge on any atom is -0.480 e. The van der Waals surface area contributed by atoms with Crippen LogP contribution >= 0.6 is 46.4 Å². The van der Waals surface area contributed by atoms with Crippen molar-refractivity contribution in [2.45, 2.75) is 0 Å². The molecule has 0 aliphatic rings. The molecule has 0 aromatic heterocycles. The van der Waals surface area contributed by atoms with Crippen molar-refractivity contribution >= 4 is 64.3 Å². The number of halogens is 4. The quantitative estimate of drug-likeness (QED) is 0.429. The lowest BCUT2D eigenvalue weighted by molar-refractivity contribution is -0.134. The Balaban J connectivity index is 0.000000550. The molecule has 0 fully saturated rings. The molecule has 0 amide bonds. The number of carbonyl (C=O) groups is 3. The summed E-state index contributed by atoms with van der Waals surface area (Å²) in [4.78, 5) is 32.9. The van der Waals surface area contributed by atoms with Crippen molar-refractivity contribution in [3.8, 4) is 0 Å². The minimum absolute atomic E-state index is 0.0216. The van der Waals surface area contributed by atoms with E-state index in [1.807, 2.05) is 0 Å². The van der Waals surface area contributed by atoms with Crippen LogP contribution in [0.2, 0.25) is 15.1 Å². The molecule has 9 heteroatoms. The molecule has 0 heterocycles. The number of rotatable bonds is 3. The predicted molar refractivity (Wildman–Crippen MR) is 96.0 cm³/mol. The number of carbonyl (C=O) groups excluding carboxylic acids is 2. The van der Waals surface area contributed by atoms with Crippen LogP contribution in [-0.4, -0.2) is 28.9 Å². The fraction of sp³-hybridized carbons (Fsp3) is 0.0625. The molecule has 0 saturated carbocycles. The molecule has 0 bridgehead atoms. The Kier molecular flexibility index (Phi) is 8.72. The summed E-state index contributed by atoms with van der Waals surface area (Å²) in [6.07, 6.45) is 0. The molecule has 132 valence electrons. The molecule has 0 aliphatic heterocycles. The zero-order chi connectivity index (χ0) is 19.0. The van der Waals surface area contributed by atoms with E-state index in [9.17, 15) is 14.4 Å². The van der Waals surface area contributed by atoms with Crippen LogP contribution in [0, 0.1) is 0 Å². The van der Waals surface area contributed by atoms with Gasteiger partial charge in [-0.2, -0.15) is 0 Å². The molecular weight excluding hydrogens is 414 g/mol. The highest BCUT2D eigenvalue weighted by molar-refractivity contribution is 6.42. The van der Waals surface area contributed by atoms with E-state index in [0.717, 1.165) is 0 Å². The van der Waals surface area contributed by atoms with E-state index in [1.165, 1.54) is 24.3 Å². The second-order valence-corrected chi connectivity index (χ2v) is 5.83. The number of ether oxygens (including phenoxy) is 1. The fourth-order valence-corrected chi connectivity index (χ4v) is 2.48. The first-order valence-corrected chi connectivity index (χ1v) is 8.17. The summed E-state index contributed by atoms with van der Waals surface area (Å²) in [5, 5.41) is 7.92. The van der Waals surface area contributed by atoms with Crippen LogP contribution in [0.3, 0.4) is 0 Å². The minimum atomic E-state index is -0.980. The van der Waals surface area contributed by atoms with Crippen molar-refractivity contribution in [3.63, 3.8) is 0 Å². The molecule has 25 heavy (non-hydrogen) atoms. The topological polar surface area (TPSA) is 80.7 Å². The van der Waals surface area contributed by atoms with E-state index in [0.29, 0.717) is 0 Å². The molecule has 0 radical (unpaired) electrons. The molecule has 2 rings (SSSR count). The van der Waals surface area contributed by atoms with Gasteiger partial charge in [0.15, 0.2) is 0 Å². The largest absolute Gasteiger partial charge is 0.480 e. The van der Waals surface area contributed by atoms with Gasteiger partial charge in [0.05, 0.1) is 21.2 Å². The summed E-state index contributed by atoms with van der Waals surface area (Å²) in [5.41, 5.74) is 0.157. The van der Waals surface area contributed by atoms with Gasteiger partial charge in [-0.15, -0.1) is 11.6 Å². The summed E-state index contributed by atoms with van der Waals surface area (Å²) in [6.45, 7) is 0. The number of carboxylic acids is 1. The number of benzene rings is 2. The lowest BCUT2D eigenvalue weighted by Gasteiger charge is -2.07. The third-order valence-corrected chi connectivity index (χ3v) is 3.56. The Morgan fingerprint density at radius 3 is 1.84 bits per heavy atom. The fourth-order valence-electron chi connectivity index (χ4n) is 1.51. The Labute approximate surface area is 163 Å². The van der Waals surface area contributed by atoms with Crippen LogP contribution in [-0.2, 0) is 9.53 Å². The monoisotopic (exact) mass is 422 g/mol. The highest BCUT2D eigenvalue weighted by Gasteiger charge is 2.21. The van der Waals surface area contributed by atoms with E-state index in [2.05, 4.69) is 0 Å². The van der Waals surface area contributed by atoms with Gasteiger partial charge in [-0.3, -0.25) is 4.79 Å². The number of esters is 2. The van der Waals surface area contributed by atoms with Gasteiger partial charge in [0.25, 0.3) is 0 Å². The average molecular weight is 424 g/mol. The normalized spacial score (nSPS) is 9.60. The lowest BCUT2D eigenvalue weighted by Crippen LogP contribution is -2.13. The molecule has 2 aromatic carbocycles.